The molecular formula is C13H15N3O3. The molecule has 0 aliphatic heterocycles. The van der Waals surface area contributed by atoms with Crippen molar-refractivity contribution in [2.45, 2.75) is 20.3 Å². The van der Waals surface area contributed by atoms with Gasteiger partial charge in [0.05, 0.1) is 17.5 Å². The average molecular weight is 261 g/mol. The smallest absolute Gasteiger partial charge is 0.304 e. The minimum atomic E-state index is -0.984. The molecule has 1 atom stereocenters. The number of H-pyrrole nitrogens is 1. The first-order chi connectivity index (χ1) is 8.95. The first-order valence-electron chi connectivity index (χ1n) is 5.94. The van der Waals surface area contributed by atoms with Gasteiger partial charge in [0.15, 0.2) is 0 Å². The van der Waals surface area contributed by atoms with Gasteiger partial charge in [0.2, 0.25) is 5.91 Å². The summed E-state index contributed by atoms with van der Waals surface area (Å²) in [5.74, 6) is -1.06. The molecule has 0 bridgehead atoms. The van der Waals surface area contributed by atoms with E-state index < -0.39 is 11.9 Å². The number of carboxylic acids is 1. The van der Waals surface area contributed by atoms with Gasteiger partial charge in [-0.05, 0) is 25.1 Å². The van der Waals surface area contributed by atoms with Crippen LogP contribution in [0, 0.1) is 12.8 Å². The molecule has 6 heteroatoms. The Kier molecular flexibility index (Phi) is 3.50. The normalized spacial score (nSPS) is 12.3. The third-order valence-corrected chi connectivity index (χ3v) is 2.80. The van der Waals surface area contributed by atoms with E-state index in [1.54, 1.807) is 25.1 Å². The summed E-state index contributed by atoms with van der Waals surface area (Å²) in [5.41, 5.74) is 2.29. The van der Waals surface area contributed by atoms with Crippen LogP contribution in [0.4, 0.5) is 5.69 Å². The zero-order valence-electron chi connectivity index (χ0n) is 10.7. The van der Waals surface area contributed by atoms with E-state index >= 15 is 0 Å². The number of nitrogens with one attached hydrogen (secondary N) is 2. The van der Waals surface area contributed by atoms with E-state index in [1.807, 2.05) is 6.92 Å². The summed E-state index contributed by atoms with van der Waals surface area (Å²) in [7, 11) is 0. The van der Waals surface area contributed by atoms with Crippen LogP contribution >= 0.6 is 0 Å². The predicted octanol–water partition coefficient (Wildman–Crippen LogP) is 1.92. The Morgan fingerprint density at radius 1 is 1.47 bits per heavy atom. The summed E-state index contributed by atoms with van der Waals surface area (Å²) < 4.78 is 0. The van der Waals surface area contributed by atoms with Crippen LogP contribution in [0.25, 0.3) is 11.0 Å². The number of anilines is 1. The number of amides is 1. The molecule has 6 nitrogen and oxygen atoms in total. The van der Waals surface area contributed by atoms with Gasteiger partial charge in [0.25, 0.3) is 0 Å². The number of nitrogens with zero attached hydrogens (tertiary/aromatic N) is 1. The summed E-state index contributed by atoms with van der Waals surface area (Å²) in [4.78, 5) is 29.7. The van der Waals surface area contributed by atoms with Crippen molar-refractivity contribution in [1.29, 1.82) is 0 Å². The molecule has 0 saturated carbocycles. The maximum Gasteiger partial charge on any atom is 0.304 e. The van der Waals surface area contributed by atoms with Crippen molar-refractivity contribution in [2.24, 2.45) is 5.92 Å². The van der Waals surface area contributed by atoms with E-state index in [2.05, 4.69) is 15.3 Å². The predicted molar refractivity (Wildman–Crippen MR) is 70.9 cm³/mol. The van der Waals surface area contributed by atoms with Crippen LogP contribution in [0.15, 0.2) is 18.2 Å². The number of aromatic nitrogens is 2. The number of imidazole rings is 1. The fourth-order valence-corrected chi connectivity index (χ4v) is 1.84. The zero-order valence-corrected chi connectivity index (χ0v) is 10.7. The number of rotatable bonds is 4. The Bertz CT molecular complexity index is 633. The lowest BCUT2D eigenvalue weighted by Crippen LogP contribution is -2.22. The molecule has 2 rings (SSSR count). The highest BCUT2D eigenvalue weighted by atomic mass is 16.4. The topological polar surface area (TPSA) is 95.1 Å². The summed E-state index contributed by atoms with van der Waals surface area (Å²) in [6, 6.07) is 5.32. The molecule has 0 radical (unpaired) electrons. The van der Waals surface area contributed by atoms with E-state index in [9.17, 15) is 9.59 Å². The molecule has 1 heterocycles. The number of benzene rings is 1. The standard InChI is InChI=1S/C13H15N3O3/c1-7(5-12(17)18)13(19)16-9-3-4-10-11(6-9)15-8(2)14-10/h3-4,6-7H,5H2,1-2H3,(H,14,15)(H,16,19)(H,17,18). The van der Waals surface area contributed by atoms with Gasteiger partial charge in [-0.3, -0.25) is 9.59 Å². The number of hydrogen-bond acceptors (Lipinski definition) is 3. The Morgan fingerprint density at radius 2 is 2.21 bits per heavy atom. The number of aryl methyl sites for hydroxylation is 1. The maximum absolute atomic E-state index is 11.8. The molecule has 3 N–H and O–H groups in total. The highest BCUT2D eigenvalue weighted by molar-refractivity contribution is 5.95. The van der Waals surface area contributed by atoms with E-state index in [0.717, 1.165) is 16.9 Å². The summed E-state index contributed by atoms with van der Waals surface area (Å²) >= 11 is 0. The number of fused-ring (bicyclic) bond motifs is 1. The first kappa shape index (κ1) is 13.1. The highest BCUT2D eigenvalue weighted by Crippen LogP contribution is 2.18. The largest absolute Gasteiger partial charge is 0.481 e. The van der Waals surface area contributed by atoms with Gasteiger partial charge in [-0.1, -0.05) is 6.92 Å². The van der Waals surface area contributed by atoms with Gasteiger partial charge in [-0.2, -0.15) is 0 Å². The minimum Gasteiger partial charge on any atom is -0.481 e. The highest BCUT2D eigenvalue weighted by Gasteiger charge is 2.16. The van der Waals surface area contributed by atoms with Crippen molar-refractivity contribution < 1.29 is 14.7 Å². The van der Waals surface area contributed by atoms with Crippen molar-refractivity contribution in [3.63, 3.8) is 0 Å². The Hall–Kier alpha value is -2.37. The Balaban J connectivity index is 2.12. The van der Waals surface area contributed by atoms with E-state index in [0.29, 0.717) is 5.69 Å². The number of hydrogen-bond donors (Lipinski definition) is 3. The SMILES string of the molecule is Cc1nc2ccc(NC(=O)C(C)CC(=O)O)cc2[nH]1. The second-order valence-corrected chi connectivity index (χ2v) is 4.54. The van der Waals surface area contributed by atoms with Crippen molar-refractivity contribution in [3.05, 3.63) is 24.0 Å². The molecule has 0 fully saturated rings. The van der Waals surface area contributed by atoms with Crippen molar-refractivity contribution in [2.75, 3.05) is 5.32 Å². The number of aromatic amines is 1. The molecule has 1 aromatic carbocycles. The third-order valence-electron chi connectivity index (χ3n) is 2.80. The lowest BCUT2D eigenvalue weighted by Gasteiger charge is -2.09. The molecule has 0 aliphatic rings. The zero-order chi connectivity index (χ0) is 14.0. The van der Waals surface area contributed by atoms with E-state index in [-0.39, 0.29) is 12.3 Å². The van der Waals surface area contributed by atoms with Crippen molar-refractivity contribution in [3.8, 4) is 0 Å². The molecule has 1 aromatic heterocycles. The number of aliphatic carboxylic acids is 1. The Morgan fingerprint density at radius 3 is 2.89 bits per heavy atom. The fourth-order valence-electron chi connectivity index (χ4n) is 1.84. The lowest BCUT2D eigenvalue weighted by atomic mass is 10.1. The van der Waals surface area contributed by atoms with Crippen LogP contribution in [0.2, 0.25) is 0 Å². The van der Waals surface area contributed by atoms with Gasteiger partial charge < -0.3 is 15.4 Å². The molecule has 0 saturated heterocycles. The second kappa shape index (κ2) is 5.09. The van der Waals surface area contributed by atoms with E-state index in [1.165, 1.54) is 0 Å². The number of carboxylic acid groups (broad SMARTS) is 1. The third kappa shape index (κ3) is 3.09. The lowest BCUT2D eigenvalue weighted by molar-refractivity contribution is -0.139. The van der Waals surface area contributed by atoms with Gasteiger partial charge in [-0.15, -0.1) is 0 Å². The van der Waals surface area contributed by atoms with Crippen LogP contribution < -0.4 is 5.32 Å². The number of carbonyl (C=O) groups is 2. The van der Waals surface area contributed by atoms with Gasteiger partial charge >= 0.3 is 5.97 Å². The minimum absolute atomic E-state index is 0.183. The molecule has 100 valence electrons. The van der Waals surface area contributed by atoms with Crippen LogP contribution in [-0.4, -0.2) is 27.0 Å². The summed E-state index contributed by atoms with van der Waals surface area (Å²) in [5, 5.41) is 11.3. The average Bonchev–Trinajstić information content (AvgIpc) is 2.67. The van der Waals surface area contributed by atoms with Gasteiger partial charge in [0.1, 0.15) is 5.82 Å². The maximum atomic E-state index is 11.8. The molecule has 1 unspecified atom stereocenters. The Labute approximate surface area is 109 Å². The second-order valence-electron chi connectivity index (χ2n) is 4.54. The summed E-state index contributed by atoms with van der Waals surface area (Å²) in [6.45, 7) is 3.44. The van der Waals surface area contributed by atoms with Crippen LogP contribution in [0.5, 0.6) is 0 Å². The van der Waals surface area contributed by atoms with Crippen LogP contribution in [-0.2, 0) is 9.59 Å². The molecule has 1 amide bonds. The van der Waals surface area contributed by atoms with E-state index in [4.69, 9.17) is 5.11 Å². The number of carbonyl (C=O) groups excluding carboxylic acids is 1. The fraction of sp³-hybridized carbons (Fsp3) is 0.308. The molecule has 19 heavy (non-hydrogen) atoms. The quantitative estimate of drug-likeness (QED) is 0.783. The van der Waals surface area contributed by atoms with Crippen LogP contribution in [0.1, 0.15) is 19.2 Å². The molecular weight excluding hydrogens is 246 g/mol. The van der Waals surface area contributed by atoms with Crippen molar-refractivity contribution in [1.82, 2.24) is 9.97 Å². The monoisotopic (exact) mass is 261 g/mol. The molecule has 0 spiro atoms. The van der Waals surface area contributed by atoms with Crippen molar-refractivity contribution >= 4 is 28.6 Å². The first-order valence-corrected chi connectivity index (χ1v) is 5.94. The van der Waals surface area contributed by atoms with Gasteiger partial charge in [-0.25, -0.2) is 4.98 Å². The summed E-state index contributed by atoms with van der Waals surface area (Å²) in [6.07, 6.45) is -0.183. The molecule has 0 aliphatic carbocycles. The molecule has 2 aromatic rings. The van der Waals surface area contributed by atoms with Gasteiger partial charge in [0, 0.05) is 11.6 Å². The van der Waals surface area contributed by atoms with Crippen LogP contribution in [0.3, 0.4) is 0 Å².